The summed E-state index contributed by atoms with van der Waals surface area (Å²) in [5, 5.41) is 3.64. The molecule has 3 aromatic rings. The maximum absolute atomic E-state index is 13.3. The number of benzene rings is 3. The highest BCUT2D eigenvalue weighted by Crippen LogP contribution is 2.35. The highest BCUT2D eigenvalue weighted by Gasteiger charge is 2.25. The van der Waals surface area contributed by atoms with E-state index < -0.39 is 0 Å². The molecule has 0 spiro atoms. The van der Waals surface area contributed by atoms with Crippen molar-refractivity contribution < 1.29 is 14.3 Å². The van der Waals surface area contributed by atoms with Crippen LogP contribution in [0, 0.1) is 0 Å². The summed E-state index contributed by atoms with van der Waals surface area (Å²) in [5.41, 5.74) is 10.7. The molecule has 3 N–H and O–H groups in total. The molecule has 0 saturated carbocycles. The number of nitrogens with zero attached hydrogens (tertiary/aromatic N) is 7. The van der Waals surface area contributed by atoms with Crippen LogP contribution in [0.2, 0.25) is 10.0 Å². The number of halogens is 2. The average Bonchev–Trinajstić information content (AvgIpc) is 3.16. The minimum atomic E-state index is -0.116. The molecule has 0 atom stereocenters. The molecule has 6 rings (SSSR count). The Kier molecular flexibility index (Phi) is 12.2. The van der Waals surface area contributed by atoms with Crippen LogP contribution in [0.1, 0.15) is 20.7 Å². The number of nitrogens with one attached hydrogen (secondary N) is 1. The third-order valence-corrected chi connectivity index (χ3v) is 10.4. The van der Waals surface area contributed by atoms with Gasteiger partial charge in [0.2, 0.25) is 0 Å². The van der Waals surface area contributed by atoms with Gasteiger partial charge in [-0.3, -0.25) is 14.5 Å². The molecule has 3 heterocycles. The quantitative estimate of drug-likeness (QED) is 0.247. The zero-order valence-electron chi connectivity index (χ0n) is 29.4. The van der Waals surface area contributed by atoms with Crippen LogP contribution in [-0.2, 0) is 4.74 Å². The molecule has 51 heavy (non-hydrogen) atoms. The first-order valence-corrected chi connectivity index (χ1v) is 18.2. The van der Waals surface area contributed by atoms with E-state index in [1.807, 2.05) is 58.3 Å². The van der Waals surface area contributed by atoms with Gasteiger partial charge in [0.25, 0.3) is 11.8 Å². The monoisotopic (exact) mass is 735 g/mol. The van der Waals surface area contributed by atoms with Crippen molar-refractivity contribution in [3.63, 3.8) is 0 Å². The Morgan fingerprint density at radius 1 is 0.804 bits per heavy atom. The number of guanidine groups is 1. The molecule has 0 unspecified atom stereocenters. The number of rotatable bonds is 9. The summed E-state index contributed by atoms with van der Waals surface area (Å²) in [4.78, 5) is 44.1. The summed E-state index contributed by atoms with van der Waals surface area (Å²) in [6.07, 6.45) is 0. The SMILES string of the molecule is COCCN1CCN(C(=O)c2cc(Cl)c(N=C(N)N3CCN(c4ccc(NC(=O)c5ccccc5N5CCN(C)CC5)cc4)CC3)c(Cl)c2)CC1. The number of piperazine rings is 3. The Balaban J connectivity index is 1.02. The fraction of sp³-hybridized carbons (Fsp3) is 0.432. The second kappa shape index (κ2) is 17.0. The summed E-state index contributed by atoms with van der Waals surface area (Å²) < 4.78 is 5.17. The number of hydrogen-bond acceptors (Lipinski definition) is 8. The van der Waals surface area contributed by atoms with Crippen LogP contribution < -0.4 is 20.9 Å². The van der Waals surface area contributed by atoms with Crippen molar-refractivity contribution in [3.05, 3.63) is 81.8 Å². The molecule has 0 aromatic heterocycles. The van der Waals surface area contributed by atoms with Crippen LogP contribution in [0.5, 0.6) is 0 Å². The number of carbonyl (C=O) groups is 2. The van der Waals surface area contributed by atoms with Crippen LogP contribution in [0.4, 0.5) is 22.7 Å². The van der Waals surface area contributed by atoms with Crippen molar-refractivity contribution in [1.29, 1.82) is 0 Å². The molecule has 3 aliphatic heterocycles. The van der Waals surface area contributed by atoms with Crippen molar-refractivity contribution in [2.45, 2.75) is 0 Å². The average molecular weight is 737 g/mol. The minimum absolute atomic E-state index is 0.105. The van der Waals surface area contributed by atoms with Gasteiger partial charge in [0.05, 0.1) is 22.2 Å². The van der Waals surface area contributed by atoms with E-state index >= 15 is 0 Å². The smallest absolute Gasteiger partial charge is 0.257 e. The molecule has 0 radical (unpaired) electrons. The van der Waals surface area contributed by atoms with Crippen LogP contribution >= 0.6 is 23.2 Å². The largest absolute Gasteiger partial charge is 0.383 e. The lowest BCUT2D eigenvalue weighted by molar-refractivity contribution is 0.0594. The fourth-order valence-corrected chi connectivity index (χ4v) is 7.27. The van der Waals surface area contributed by atoms with Gasteiger partial charge in [-0.05, 0) is 55.6 Å². The van der Waals surface area contributed by atoms with Gasteiger partial charge in [0.1, 0.15) is 5.69 Å². The second-order valence-corrected chi connectivity index (χ2v) is 14.0. The van der Waals surface area contributed by atoms with E-state index in [-0.39, 0.29) is 21.9 Å². The standard InChI is InChI=1S/C37H47Cl2N9O3/c1-43-11-15-46(16-12-43)33-6-4-3-5-30(33)35(49)41-28-7-9-29(10-8-28)45-19-21-48(22-20-45)37(40)42-34-31(38)25-27(26-32(34)39)36(50)47-17-13-44(14-18-47)23-24-51-2/h3-10,25-26H,11-24H2,1-2H3,(H2,40,42)(H,41,49). The minimum Gasteiger partial charge on any atom is -0.383 e. The molecule has 0 bridgehead atoms. The van der Waals surface area contributed by atoms with Gasteiger partial charge in [-0.15, -0.1) is 0 Å². The lowest BCUT2D eigenvalue weighted by atomic mass is 10.1. The number of anilines is 3. The van der Waals surface area contributed by atoms with Gasteiger partial charge >= 0.3 is 0 Å². The first kappa shape index (κ1) is 36.7. The summed E-state index contributed by atoms with van der Waals surface area (Å²) in [5.74, 6) is 0.0981. The number of ether oxygens (including phenoxy) is 1. The molecule has 272 valence electrons. The predicted octanol–water partition coefficient (Wildman–Crippen LogP) is 4.17. The van der Waals surface area contributed by atoms with Crippen molar-refractivity contribution in [3.8, 4) is 0 Å². The van der Waals surface area contributed by atoms with Crippen LogP contribution in [0.25, 0.3) is 0 Å². The van der Waals surface area contributed by atoms with E-state index in [1.165, 1.54) is 0 Å². The zero-order valence-corrected chi connectivity index (χ0v) is 30.9. The van der Waals surface area contributed by atoms with Crippen LogP contribution in [0.15, 0.2) is 65.7 Å². The summed E-state index contributed by atoms with van der Waals surface area (Å²) in [6.45, 7) is 10.9. The van der Waals surface area contributed by atoms with Gasteiger partial charge < -0.3 is 40.3 Å². The summed E-state index contributed by atoms with van der Waals surface area (Å²) in [6, 6.07) is 19.0. The van der Waals surface area contributed by atoms with Gasteiger partial charge in [0.15, 0.2) is 5.96 Å². The molecule has 3 fully saturated rings. The van der Waals surface area contributed by atoms with Crippen molar-refractivity contribution in [1.82, 2.24) is 19.6 Å². The normalized spacial score (nSPS) is 17.9. The number of carbonyl (C=O) groups excluding carboxylic acids is 2. The Labute approximate surface area is 310 Å². The van der Waals surface area contributed by atoms with Gasteiger partial charge in [-0.2, -0.15) is 0 Å². The Bertz CT molecular complexity index is 1680. The Morgan fingerprint density at radius 3 is 2.06 bits per heavy atom. The van der Waals surface area contributed by atoms with E-state index in [1.54, 1.807) is 19.2 Å². The number of methoxy groups -OCH3 is 1. The van der Waals surface area contributed by atoms with E-state index in [4.69, 9.17) is 33.7 Å². The molecule has 3 saturated heterocycles. The third kappa shape index (κ3) is 9.06. The molecule has 12 nitrogen and oxygen atoms in total. The summed E-state index contributed by atoms with van der Waals surface area (Å²) >= 11 is 13.2. The summed E-state index contributed by atoms with van der Waals surface area (Å²) in [7, 11) is 3.81. The molecule has 2 amide bonds. The highest BCUT2D eigenvalue weighted by molar-refractivity contribution is 6.39. The molecule has 0 aliphatic carbocycles. The lowest BCUT2D eigenvalue weighted by Crippen LogP contribution is -2.51. The maximum atomic E-state index is 13.3. The maximum Gasteiger partial charge on any atom is 0.257 e. The topological polar surface area (TPSA) is 113 Å². The van der Waals surface area contributed by atoms with E-state index in [2.05, 4.69) is 37.0 Å². The molecular weight excluding hydrogens is 689 g/mol. The number of aliphatic imine (C=N–C) groups is 1. The number of likely N-dealkylation sites (N-methyl/N-ethyl adjacent to an activating group) is 1. The lowest BCUT2D eigenvalue weighted by Gasteiger charge is -2.36. The molecule has 14 heteroatoms. The van der Waals surface area contributed by atoms with E-state index in [0.717, 1.165) is 76.0 Å². The first-order valence-electron chi connectivity index (χ1n) is 17.5. The Morgan fingerprint density at radius 2 is 1.41 bits per heavy atom. The molecular formula is C37H47Cl2N9O3. The van der Waals surface area contributed by atoms with Crippen molar-refractivity contribution in [2.75, 3.05) is 121 Å². The van der Waals surface area contributed by atoms with Crippen molar-refractivity contribution >= 4 is 63.7 Å². The number of nitrogens with two attached hydrogens (primary N) is 1. The Hall–Kier alpha value is -4.07. The number of amides is 2. The van der Waals surface area contributed by atoms with Crippen LogP contribution in [0.3, 0.4) is 0 Å². The second-order valence-electron chi connectivity index (χ2n) is 13.2. The van der Waals surface area contributed by atoms with Gasteiger partial charge in [-0.1, -0.05) is 35.3 Å². The van der Waals surface area contributed by atoms with E-state index in [0.29, 0.717) is 55.6 Å². The molecule has 3 aromatic carbocycles. The van der Waals surface area contributed by atoms with Crippen molar-refractivity contribution in [2.24, 2.45) is 10.7 Å². The highest BCUT2D eigenvalue weighted by atomic mass is 35.5. The number of para-hydroxylation sites is 1. The third-order valence-electron chi connectivity index (χ3n) is 9.85. The first-order chi connectivity index (χ1) is 24.7. The van der Waals surface area contributed by atoms with E-state index in [9.17, 15) is 9.59 Å². The zero-order chi connectivity index (χ0) is 35.9. The van der Waals surface area contributed by atoms with Crippen LogP contribution in [-0.4, -0.2) is 143 Å². The van der Waals surface area contributed by atoms with Gasteiger partial charge in [0, 0.05) is 115 Å². The number of hydrogen-bond donors (Lipinski definition) is 2. The van der Waals surface area contributed by atoms with Gasteiger partial charge in [-0.25, -0.2) is 4.99 Å². The predicted molar refractivity (Wildman–Crippen MR) is 206 cm³/mol. The molecule has 3 aliphatic rings. The fourth-order valence-electron chi connectivity index (χ4n) is 6.70.